The lowest BCUT2D eigenvalue weighted by Crippen LogP contribution is -2.47. The third-order valence-electron chi connectivity index (χ3n) is 5.58. The minimum absolute atomic E-state index is 0.0316. The molecule has 180 valence electrons. The van der Waals surface area contributed by atoms with E-state index in [0.717, 1.165) is 11.3 Å². The maximum absolute atomic E-state index is 13.0. The summed E-state index contributed by atoms with van der Waals surface area (Å²) >= 11 is 0. The highest BCUT2D eigenvalue weighted by atomic mass is 16.5. The number of aromatic nitrogens is 5. The number of rotatable bonds is 10. The monoisotopic (exact) mass is 467 g/mol. The van der Waals surface area contributed by atoms with Crippen LogP contribution in [0, 0.1) is 0 Å². The van der Waals surface area contributed by atoms with E-state index in [1.54, 1.807) is 23.5 Å². The Hall–Kier alpha value is -3.57. The Morgan fingerprint density at radius 3 is 2.79 bits per heavy atom. The fourth-order valence-electron chi connectivity index (χ4n) is 3.76. The van der Waals surface area contributed by atoms with Crippen LogP contribution in [-0.2, 0) is 33.8 Å². The van der Waals surface area contributed by atoms with Gasteiger partial charge in [-0.2, -0.15) is 5.10 Å². The van der Waals surface area contributed by atoms with E-state index < -0.39 is 11.9 Å². The molecule has 0 bridgehead atoms. The average Bonchev–Trinajstić information content (AvgIpc) is 3.46. The molecule has 3 aromatic rings. The number of fused-ring (bicyclic) bond motifs is 1. The third-order valence-corrected chi connectivity index (χ3v) is 5.58. The Labute approximate surface area is 197 Å². The number of aryl methyl sites for hydroxylation is 1. The minimum atomic E-state index is -0.693. The molecule has 0 spiro atoms. The number of methoxy groups -OCH3 is 1. The van der Waals surface area contributed by atoms with Gasteiger partial charge < -0.3 is 14.8 Å². The van der Waals surface area contributed by atoms with E-state index in [0.29, 0.717) is 51.6 Å². The molecule has 0 saturated carbocycles. The summed E-state index contributed by atoms with van der Waals surface area (Å²) in [6.07, 6.45) is 2.57. The number of amides is 2. The van der Waals surface area contributed by atoms with Crippen LogP contribution in [0.5, 0.6) is 0 Å². The van der Waals surface area contributed by atoms with Crippen molar-refractivity contribution >= 4 is 17.6 Å². The second-order valence-corrected chi connectivity index (χ2v) is 8.04. The van der Waals surface area contributed by atoms with Gasteiger partial charge in [0.25, 0.3) is 11.8 Å². The van der Waals surface area contributed by atoms with E-state index in [2.05, 4.69) is 20.5 Å². The van der Waals surface area contributed by atoms with Crippen LogP contribution in [0.1, 0.15) is 28.3 Å². The van der Waals surface area contributed by atoms with Crippen LogP contribution < -0.4 is 10.2 Å². The lowest BCUT2D eigenvalue weighted by atomic mass is 10.2. The van der Waals surface area contributed by atoms with Crippen molar-refractivity contribution in [2.45, 2.75) is 32.0 Å². The lowest BCUT2D eigenvalue weighted by Gasteiger charge is -2.19. The molecular weight excluding hydrogens is 438 g/mol. The fourth-order valence-corrected chi connectivity index (χ4v) is 3.76. The van der Waals surface area contributed by atoms with Gasteiger partial charge in [0.05, 0.1) is 32.1 Å². The predicted molar refractivity (Wildman–Crippen MR) is 123 cm³/mol. The molecule has 0 aliphatic carbocycles. The summed E-state index contributed by atoms with van der Waals surface area (Å²) in [5.41, 5.74) is 1.90. The van der Waals surface area contributed by atoms with Gasteiger partial charge in [-0.1, -0.05) is 30.3 Å². The largest absolute Gasteiger partial charge is 0.382 e. The van der Waals surface area contributed by atoms with Gasteiger partial charge in [0, 0.05) is 33.2 Å². The Morgan fingerprint density at radius 2 is 2.00 bits per heavy atom. The highest BCUT2D eigenvalue weighted by molar-refractivity contribution is 6.00. The van der Waals surface area contributed by atoms with E-state index >= 15 is 0 Å². The van der Waals surface area contributed by atoms with Crippen molar-refractivity contribution in [1.29, 1.82) is 0 Å². The smallest absolute Gasteiger partial charge is 0.291 e. The molecule has 1 aliphatic heterocycles. The molecule has 2 amide bonds. The topological polar surface area (TPSA) is 116 Å². The van der Waals surface area contributed by atoms with Crippen molar-refractivity contribution in [1.82, 2.24) is 29.9 Å². The summed E-state index contributed by atoms with van der Waals surface area (Å²) < 4.78 is 13.9. The number of ether oxygens (including phenoxy) is 2. The average molecular weight is 468 g/mol. The van der Waals surface area contributed by atoms with Gasteiger partial charge in [-0.25, -0.2) is 14.3 Å². The molecule has 0 saturated heterocycles. The van der Waals surface area contributed by atoms with Crippen LogP contribution in [0.4, 0.5) is 5.82 Å². The molecule has 0 radical (unpaired) electrons. The minimum Gasteiger partial charge on any atom is -0.382 e. The first-order valence-electron chi connectivity index (χ1n) is 11.2. The van der Waals surface area contributed by atoms with Crippen molar-refractivity contribution in [3.05, 3.63) is 59.8 Å². The summed E-state index contributed by atoms with van der Waals surface area (Å²) in [6.45, 7) is 2.61. The van der Waals surface area contributed by atoms with E-state index in [4.69, 9.17) is 9.47 Å². The Morgan fingerprint density at radius 1 is 1.18 bits per heavy atom. The number of benzene rings is 1. The van der Waals surface area contributed by atoms with Crippen LogP contribution >= 0.6 is 0 Å². The molecule has 1 N–H and O–H groups in total. The van der Waals surface area contributed by atoms with Crippen LogP contribution in [0.2, 0.25) is 0 Å². The quantitative estimate of drug-likeness (QED) is 0.440. The van der Waals surface area contributed by atoms with Gasteiger partial charge >= 0.3 is 0 Å². The molecule has 11 heteroatoms. The number of carbonyl (C=O) groups excluding carboxylic acids is 2. The van der Waals surface area contributed by atoms with E-state index in [1.807, 2.05) is 36.4 Å². The van der Waals surface area contributed by atoms with Crippen molar-refractivity contribution in [3.8, 4) is 0 Å². The maximum Gasteiger partial charge on any atom is 0.291 e. The van der Waals surface area contributed by atoms with Crippen molar-refractivity contribution in [2.75, 3.05) is 38.9 Å². The standard InChI is InChI=1S/C23H29N7O4/c1-28-20-14-18(9-11-34-13-12-33-2)26-30(20)10-8-19(23(28)32)25-22(31)21-24-16-29(27-21)15-17-6-4-3-5-7-17/h3-7,14,16,19H,8-13,15H2,1-2H3,(H,25,31)/t19-/m0/s1. The fraction of sp³-hybridized carbons (Fsp3) is 0.435. The van der Waals surface area contributed by atoms with Gasteiger partial charge in [-0.05, 0) is 12.0 Å². The zero-order chi connectivity index (χ0) is 23.9. The Balaban J connectivity index is 1.34. The first-order valence-corrected chi connectivity index (χ1v) is 11.2. The van der Waals surface area contributed by atoms with Crippen molar-refractivity contribution in [3.63, 3.8) is 0 Å². The van der Waals surface area contributed by atoms with Crippen LogP contribution in [-0.4, -0.2) is 76.4 Å². The maximum atomic E-state index is 13.0. The van der Waals surface area contributed by atoms with Crippen LogP contribution in [0.25, 0.3) is 0 Å². The van der Waals surface area contributed by atoms with Crippen LogP contribution in [0.15, 0.2) is 42.7 Å². The molecule has 0 fully saturated rings. The lowest BCUT2D eigenvalue weighted by molar-refractivity contribution is -0.120. The van der Waals surface area contributed by atoms with Gasteiger partial charge in [-0.15, -0.1) is 5.10 Å². The molecule has 1 atom stereocenters. The number of hydrogen-bond donors (Lipinski definition) is 1. The predicted octanol–water partition coefficient (Wildman–Crippen LogP) is 0.894. The summed E-state index contributed by atoms with van der Waals surface area (Å²) in [6, 6.07) is 11.0. The molecule has 34 heavy (non-hydrogen) atoms. The summed E-state index contributed by atoms with van der Waals surface area (Å²) in [5.74, 6) is 0.0358. The SMILES string of the molecule is COCCOCCc1cc2n(n1)CC[C@H](NC(=O)c1ncn(Cc3ccccc3)n1)C(=O)N2C. The zero-order valence-corrected chi connectivity index (χ0v) is 19.4. The number of nitrogens with one attached hydrogen (secondary N) is 1. The number of nitrogens with zero attached hydrogens (tertiary/aromatic N) is 6. The Kier molecular flexibility index (Phi) is 7.65. The first kappa shape index (κ1) is 23.6. The molecule has 2 aromatic heterocycles. The van der Waals surface area contributed by atoms with Gasteiger partial charge in [-0.3, -0.25) is 14.5 Å². The summed E-state index contributed by atoms with van der Waals surface area (Å²) in [5, 5.41) is 11.6. The number of anilines is 1. The van der Waals surface area contributed by atoms with Crippen molar-refractivity contribution in [2.24, 2.45) is 0 Å². The molecule has 0 unspecified atom stereocenters. The molecule has 1 aliphatic rings. The summed E-state index contributed by atoms with van der Waals surface area (Å²) in [7, 11) is 3.32. The van der Waals surface area contributed by atoms with E-state index in [1.165, 1.54) is 11.2 Å². The van der Waals surface area contributed by atoms with Crippen LogP contribution in [0.3, 0.4) is 0 Å². The molecule has 4 rings (SSSR count). The highest BCUT2D eigenvalue weighted by Gasteiger charge is 2.31. The molecular formula is C23H29N7O4. The summed E-state index contributed by atoms with van der Waals surface area (Å²) in [4.78, 5) is 31.4. The van der Waals surface area contributed by atoms with E-state index in [-0.39, 0.29) is 11.7 Å². The normalized spacial score (nSPS) is 15.8. The molecule has 3 heterocycles. The number of carbonyl (C=O) groups is 2. The van der Waals surface area contributed by atoms with Crippen molar-refractivity contribution < 1.29 is 19.1 Å². The second kappa shape index (κ2) is 11.0. The van der Waals surface area contributed by atoms with Gasteiger partial charge in [0.1, 0.15) is 18.2 Å². The van der Waals surface area contributed by atoms with Gasteiger partial charge in [0.2, 0.25) is 5.82 Å². The highest BCUT2D eigenvalue weighted by Crippen LogP contribution is 2.21. The zero-order valence-electron chi connectivity index (χ0n) is 19.4. The molecule has 1 aromatic carbocycles. The van der Waals surface area contributed by atoms with E-state index in [9.17, 15) is 9.59 Å². The third kappa shape index (κ3) is 5.67. The second-order valence-electron chi connectivity index (χ2n) is 8.04. The first-order chi connectivity index (χ1) is 16.5. The number of likely N-dealkylation sites (N-methyl/N-ethyl adjacent to an activating group) is 1. The molecule has 11 nitrogen and oxygen atoms in total. The Bertz CT molecular complexity index is 1110. The number of hydrogen-bond acceptors (Lipinski definition) is 7. The van der Waals surface area contributed by atoms with Gasteiger partial charge in [0.15, 0.2) is 0 Å².